The van der Waals surface area contributed by atoms with E-state index in [0.29, 0.717) is 0 Å². The second-order valence-electron chi connectivity index (χ2n) is 4.77. The van der Waals surface area contributed by atoms with Gasteiger partial charge in [-0.05, 0) is 37.1 Å². The van der Waals surface area contributed by atoms with Crippen molar-refractivity contribution in [1.29, 1.82) is 0 Å². The third kappa shape index (κ3) is 3.74. The van der Waals surface area contributed by atoms with Crippen LogP contribution in [0.25, 0.3) is 0 Å². The molecule has 104 valence electrons. The highest BCUT2D eigenvalue weighted by atomic mass is 16.5. The van der Waals surface area contributed by atoms with Crippen molar-refractivity contribution in [3.05, 3.63) is 41.7 Å². The largest absolute Gasteiger partial charge is 0.496 e. The maximum absolute atomic E-state index is 5.72. The van der Waals surface area contributed by atoms with Crippen molar-refractivity contribution in [2.45, 2.75) is 32.2 Å². The monoisotopic (exact) mass is 261 g/mol. The van der Waals surface area contributed by atoms with Crippen LogP contribution in [-0.4, -0.2) is 26.3 Å². The van der Waals surface area contributed by atoms with Crippen molar-refractivity contribution in [3.63, 3.8) is 0 Å². The molecule has 0 aliphatic carbocycles. The molecule has 0 spiro atoms. The second-order valence-corrected chi connectivity index (χ2v) is 4.77. The quantitative estimate of drug-likeness (QED) is 0.818. The van der Waals surface area contributed by atoms with Crippen LogP contribution >= 0.6 is 0 Å². The van der Waals surface area contributed by atoms with Gasteiger partial charge in [-0.25, -0.2) is 0 Å². The number of hydrogen-bond acceptors (Lipinski definition) is 3. The SMILES string of the molecule is CCCNC(Cc1ccccc1OC)C1=CCCO1. The number of ether oxygens (including phenoxy) is 2. The number of hydrogen-bond donors (Lipinski definition) is 1. The molecular formula is C16H23NO2. The van der Waals surface area contributed by atoms with Crippen LogP contribution in [0.15, 0.2) is 36.1 Å². The standard InChI is InChI=1S/C16H23NO2/c1-3-10-17-14(16-9-6-11-19-16)12-13-7-4-5-8-15(13)18-2/h4-5,7-9,14,17H,3,6,10-12H2,1-2H3. The summed E-state index contributed by atoms with van der Waals surface area (Å²) in [6.45, 7) is 3.99. The first-order chi connectivity index (χ1) is 9.35. The summed E-state index contributed by atoms with van der Waals surface area (Å²) in [4.78, 5) is 0. The molecule has 0 radical (unpaired) electrons. The number of para-hydroxylation sites is 1. The van der Waals surface area contributed by atoms with Crippen molar-refractivity contribution < 1.29 is 9.47 Å². The molecule has 0 fully saturated rings. The average molecular weight is 261 g/mol. The van der Waals surface area contributed by atoms with Gasteiger partial charge >= 0.3 is 0 Å². The zero-order chi connectivity index (χ0) is 13.5. The molecule has 0 aromatic heterocycles. The molecule has 2 rings (SSSR count). The Balaban J connectivity index is 2.10. The molecule has 0 bridgehead atoms. The lowest BCUT2D eigenvalue weighted by molar-refractivity contribution is 0.214. The number of nitrogens with one attached hydrogen (secondary N) is 1. The maximum Gasteiger partial charge on any atom is 0.122 e. The Morgan fingerprint density at radius 3 is 2.89 bits per heavy atom. The summed E-state index contributed by atoms with van der Waals surface area (Å²) in [5.41, 5.74) is 1.22. The third-order valence-electron chi connectivity index (χ3n) is 3.33. The summed E-state index contributed by atoms with van der Waals surface area (Å²) in [5, 5.41) is 3.56. The molecule has 0 amide bonds. The molecule has 0 saturated carbocycles. The molecule has 0 saturated heterocycles. The molecule has 1 aliphatic heterocycles. The summed E-state index contributed by atoms with van der Waals surface area (Å²) in [5.74, 6) is 2.03. The van der Waals surface area contributed by atoms with E-state index in [0.717, 1.165) is 43.9 Å². The zero-order valence-corrected chi connectivity index (χ0v) is 11.8. The van der Waals surface area contributed by atoms with Crippen LogP contribution in [0.1, 0.15) is 25.3 Å². The fourth-order valence-corrected chi connectivity index (χ4v) is 2.36. The molecule has 1 aromatic rings. The summed E-state index contributed by atoms with van der Waals surface area (Å²) in [6, 6.07) is 8.44. The van der Waals surface area contributed by atoms with E-state index in [4.69, 9.17) is 9.47 Å². The molecule has 1 unspecified atom stereocenters. The van der Waals surface area contributed by atoms with Gasteiger partial charge in [0, 0.05) is 6.42 Å². The van der Waals surface area contributed by atoms with Gasteiger partial charge in [0.1, 0.15) is 11.5 Å². The number of rotatable bonds is 7. The molecule has 1 aliphatic rings. The smallest absolute Gasteiger partial charge is 0.122 e. The average Bonchev–Trinajstić information content (AvgIpc) is 2.98. The third-order valence-corrected chi connectivity index (χ3v) is 3.33. The van der Waals surface area contributed by atoms with E-state index in [1.54, 1.807) is 7.11 Å². The van der Waals surface area contributed by atoms with Gasteiger partial charge < -0.3 is 14.8 Å². The van der Waals surface area contributed by atoms with E-state index in [-0.39, 0.29) is 6.04 Å². The molecule has 1 heterocycles. The summed E-state index contributed by atoms with van der Waals surface area (Å²) < 4.78 is 11.1. The molecule has 3 nitrogen and oxygen atoms in total. The number of benzene rings is 1. The predicted molar refractivity (Wildman–Crippen MR) is 77.4 cm³/mol. The van der Waals surface area contributed by atoms with Crippen LogP contribution in [0.2, 0.25) is 0 Å². The van der Waals surface area contributed by atoms with E-state index < -0.39 is 0 Å². The first-order valence-electron chi connectivity index (χ1n) is 7.03. The lowest BCUT2D eigenvalue weighted by atomic mass is 10.0. The van der Waals surface area contributed by atoms with Crippen molar-refractivity contribution in [2.75, 3.05) is 20.3 Å². The fraction of sp³-hybridized carbons (Fsp3) is 0.500. The Morgan fingerprint density at radius 1 is 1.37 bits per heavy atom. The van der Waals surface area contributed by atoms with Gasteiger partial charge in [-0.2, -0.15) is 0 Å². The number of methoxy groups -OCH3 is 1. The zero-order valence-electron chi connectivity index (χ0n) is 11.8. The molecule has 1 atom stereocenters. The van der Waals surface area contributed by atoms with Crippen molar-refractivity contribution in [2.24, 2.45) is 0 Å². The lowest BCUT2D eigenvalue weighted by Gasteiger charge is -2.20. The van der Waals surface area contributed by atoms with Crippen LogP contribution in [0, 0.1) is 0 Å². The first-order valence-corrected chi connectivity index (χ1v) is 7.03. The minimum Gasteiger partial charge on any atom is -0.496 e. The summed E-state index contributed by atoms with van der Waals surface area (Å²) >= 11 is 0. The highest BCUT2D eigenvalue weighted by molar-refractivity contribution is 5.35. The van der Waals surface area contributed by atoms with Crippen molar-refractivity contribution in [1.82, 2.24) is 5.32 Å². The lowest BCUT2D eigenvalue weighted by Crippen LogP contribution is -2.34. The van der Waals surface area contributed by atoms with E-state index in [2.05, 4.69) is 30.4 Å². The van der Waals surface area contributed by atoms with Crippen LogP contribution in [-0.2, 0) is 11.2 Å². The van der Waals surface area contributed by atoms with Crippen LogP contribution < -0.4 is 10.1 Å². The Labute approximate surface area is 115 Å². The van der Waals surface area contributed by atoms with Gasteiger partial charge in [0.15, 0.2) is 0 Å². The van der Waals surface area contributed by atoms with Gasteiger partial charge in [-0.3, -0.25) is 0 Å². The van der Waals surface area contributed by atoms with Gasteiger partial charge in [0.05, 0.1) is 19.8 Å². The Hall–Kier alpha value is -1.48. The Morgan fingerprint density at radius 2 is 2.21 bits per heavy atom. The normalized spacial score (nSPS) is 15.8. The molecule has 1 aromatic carbocycles. The fourth-order valence-electron chi connectivity index (χ4n) is 2.36. The molecular weight excluding hydrogens is 238 g/mol. The van der Waals surface area contributed by atoms with Crippen LogP contribution in [0.5, 0.6) is 5.75 Å². The Bertz CT molecular complexity index is 429. The van der Waals surface area contributed by atoms with E-state index >= 15 is 0 Å². The topological polar surface area (TPSA) is 30.5 Å². The highest BCUT2D eigenvalue weighted by Crippen LogP contribution is 2.23. The van der Waals surface area contributed by atoms with Crippen LogP contribution in [0.3, 0.4) is 0 Å². The summed E-state index contributed by atoms with van der Waals surface area (Å²) in [7, 11) is 1.72. The van der Waals surface area contributed by atoms with Gasteiger partial charge in [0.25, 0.3) is 0 Å². The Kier molecular flexibility index (Phi) is 5.28. The molecule has 19 heavy (non-hydrogen) atoms. The van der Waals surface area contributed by atoms with E-state index in [1.807, 2.05) is 12.1 Å². The predicted octanol–water partition coefficient (Wildman–Crippen LogP) is 2.91. The maximum atomic E-state index is 5.72. The minimum atomic E-state index is 0.249. The van der Waals surface area contributed by atoms with Crippen molar-refractivity contribution in [3.8, 4) is 5.75 Å². The highest BCUT2D eigenvalue weighted by Gasteiger charge is 2.20. The minimum absolute atomic E-state index is 0.249. The molecule has 1 N–H and O–H groups in total. The van der Waals surface area contributed by atoms with Gasteiger partial charge in [-0.1, -0.05) is 25.1 Å². The van der Waals surface area contributed by atoms with Crippen LogP contribution in [0.4, 0.5) is 0 Å². The van der Waals surface area contributed by atoms with Gasteiger partial charge in [0.2, 0.25) is 0 Å². The van der Waals surface area contributed by atoms with E-state index in [1.165, 1.54) is 5.56 Å². The van der Waals surface area contributed by atoms with E-state index in [9.17, 15) is 0 Å². The second kappa shape index (κ2) is 7.19. The first kappa shape index (κ1) is 13.9. The summed E-state index contributed by atoms with van der Waals surface area (Å²) in [6.07, 6.45) is 5.24. The molecule has 3 heteroatoms. The van der Waals surface area contributed by atoms with Gasteiger partial charge in [-0.15, -0.1) is 0 Å². The van der Waals surface area contributed by atoms with Crippen molar-refractivity contribution >= 4 is 0 Å².